The van der Waals surface area contributed by atoms with Crippen LogP contribution in [0.2, 0.25) is 10.3 Å². The number of amides is 1. The smallest absolute Gasteiger partial charge is 0.251 e. The molecule has 0 aromatic carbocycles. The van der Waals surface area contributed by atoms with Gasteiger partial charge in [0.1, 0.15) is 10.3 Å². The molecule has 2 heterocycles. The van der Waals surface area contributed by atoms with Crippen molar-refractivity contribution in [1.29, 1.82) is 0 Å². The lowest BCUT2D eigenvalue weighted by molar-refractivity contribution is 0.0857. The Morgan fingerprint density at radius 2 is 2.18 bits per heavy atom. The van der Waals surface area contributed by atoms with Gasteiger partial charge < -0.3 is 10.1 Å². The molecule has 0 saturated carbocycles. The van der Waals surface area contributed by atoms with E-state index >= 15 is 0 Å². The monoisotopic (exact) mass is 274 g/mol. The lowest BCUT2D eigenvalue weighted by atomic mass is 10.2. The van der Waals surface area contributed by atoms with Gasteiger partial charge in [-0.25, -0.2) is 4.98 Å². The SMILES string of the molecule is O=C(NCC1CCCO1)c1cc(Cl)nc(Cl)c1. The van der Waals surface area contributed by atoms with Crippen LogP contribution < -0.4 is 5.32 Å². The van der Waals surface area contributed by atoms with Crippen molar-refractivity contribution in [1.82, 2.24) is 10.3 Å². The van der Waals surface area contributed by atoms with Crippen molar-refractivity contribution in [3.05, 3.63) is 28.0 Å². The summed E-state index contributed by atoms with van der Waals surface area (Å²) in [4.78, 5) is 15.6. The van der Waals surface area contributed by atoms with Gasteiger partial charge in [0.25, 0.3) is 5.91 Å². The zero-order chi connectivity index (χ0) is 12.3. The number of halogens is 2. The van der Waals surface area contributed by atoms with Gasteiger partial charge in [0.2, 0.25) is 0 Å². The highest BCUT2D eigenvalue weighted by Crippen LogP contribution is 2.15. The molecule has 6 heteroatoms. The van der Waals surface area contributed by atoms with E-state index in [1.165, 1.54) is 12.1 Å². The quantitative estimate of drug-likeness (QED) is 0.861. The van der Waals surface area contributed by atoms with Crippen LogP contribution in [-0.2, 0) is 4.74 Å². The van der Waals surface area contributed by atoms with E-state index in [2.05, 4.69) is 10.3 Å². The first kappa shape index (κ1) is 12.6. The van der Waals surface area contributed by atoms with E-state index in [-0.39, 0.29) is 22.3 Å². The topological polar surface area (TPSA) is 51.2 Å². The number of nitrogens with zero attached hydrogens (tertiary/aromatic N) is 1. The molecule has 0 aliphatic carbocycles. The minimum atomic E-state index is -0.216. The number of nitrogens with one attached hydrogen (secondary N) is 1. The molecule has 1 aromatic rings. The number of carbonyl (C=O) groups excluding carboxylic acids is 1. The molecule has 92 valence electrons. The second-order valence-electron chi connectivity index (χ2n) is 3.85. The van der Waals surface area contributed by atoms with Crippen LogP contribution >= 0.6 is 23.2 Å². The molecular formula is C11H12Cl2N2O2. The van der Waals surface area contributed by atoms with Crippen LogP contribution in [0.3, 0.4) is 0 Å². The van der Waals surface area contributed by atoms with Crippen molar-refractivity contribution in [2.45, 2.75) is 18.9 Å². The normalized spacial score (nSPS) is 19.3. The third-order valence-electron chi connectivity index (χ3n) is 2.54. The Kier molecular flexibility index (Phi) is 4.20. The molecule has 1 aliphatic rings. The Bertz CT molecular complexity index is 400. The molecular weight excluding hydrogens is 263 g/mol. The van der Waals surface area contributed by atoms with Gasteiger partial charge in [-0.3, -0.25) is 4.79 Å². The lowest BCUT2D eigenvalue weighted by Crippen LogP contribution is -2.31. The number of hydrogen-bond donors (Lipinski definition) is 1. The molecule has 2 rings (SSSR count). The second-order valence-corrected chi connectivity index (χ2v) is 4.62. The van der Waals surface area contributed by atoms with Crippen molar-refractivity contribution >= 4 is 29.1 Å². The maximum Gasteiger partial charge on any atom is 0.251 e. The van der Waals surface area contributed by atoms with Crippen LogP contribution in [0, 0.1) is 0 Å². The van der Waals surface area contributed by atoms with Crippen LogP contribution in [0.25, 0.3) is 0 Å². The van der Waals surface area contributed by atoms with E-state index < -0.39 is 0 Å². The van der Waals surface area contributed by atoms with Gasteiger partial charge in [0.15, 0.2) is 0 Å². The molecule has 0 bridgehead atoms. The largest absolute Gasteiger partial charge is 0.376 e. The number of hydrogen-bond acceptors (Lipinski definition) is 3. The van der Waals surface area contributed by atoms with Gasteiger partial charge in [-0.15, -0.1) is 0 Å². The summed E-state index contributed by atoms with van der Waals surface area (Å²) in [5, 5.41) is 3.20. The predicted molar refractivity (Wildman–Crippen MR) is 65.6 cm³/mol. The summed E-state index contributed by atoms with van der Waals surface area (Å²) >= 11 is 11.4. The first-order chi connectivity index (χ1) is 8.15. The summed E-state index contributed by atoms with van der Waals surface area (Å²) in [7, 11) is 0. The molecule has 1 amide bonds. The first-order valence-electron chi connectivity index (χ1n) is 5.38. The van der Waals surface area contributed by atoms with Crippen LogP contribution in [-0.4, -0.2) is 30.1 Å². The third kappa shape index (κ3) is 3.56. The summed E-state index contributed by atoms with van der Waals surface area (Å²) in [5.74, 6) is -0.216. The fourth-order valence-electron chi connectivity index (χ4n) is 1.71. The number of ether oxygens (including phenoxy) is 1. The lowest BCUT2D eigenvalue weighted by Gasteiger charge is -2.10. The van der Waals surface area contributed by atoms with Crippen LogP contribution in [0.15, 0.2) is 12.1 Å². The predicted octanol–water partition coefficient (Wildman–Crippen LogP) is 2.30. The van der Waals surface area contributed by atoms with Gasteiger partial charge in [0, 0.05) is 18.7 Å². The van der Waals surface area contributed by atoms with Gasteiger partial charge in [-0.2, -0.15) is 0 Å². The zero-order valence-electron chi connectivity index (χ0n) is 9.08. The van der Waals surface area contributed by atoms with Gasteiger partial charge in [-0.1, -0.05) is 23.2 Å². The molecule has 17 heavy (non-hydrogen) atoms. The minimum Gasteiger partial charge on any atom is -0.376 e. The molecule has 1 unspecified atom stereocenters. The molecule has 1 fully saturated rings. The van der Waals surface area contributed by atoms with Crippen molar-refractivity contribution in [2.75, 3.05) is 13.2 Å². The van der Waals surface area contributed by atoms with Gasteiger partial charge in [0.05, 0.1) is 6.10 Å². The molecule has 1 aliphatic heterocycles. The van der Waals surface area contributed by atoms with Crippen molar-refractivity contribution < 1.29 is 9.53 Å². The molecule has 0 spiro atoms. The summed E-state index contributed by atoms with van der Waals surface area (Å²) in [6.07, 6.45) is 2.15. The van der Waals surface area contributed by atoms with Crippen LogP contribution in [0.1, 0.15) is 23.2 Å². The number of rotatable bonds is 3. The summed E-state index contributed by atoms with van der Waals surface area (Å²) in [5.41, 5.74) is 0.410. The van der Waals surface area contributed by atoms with Crippen molar-refractivity contribution in [2.24, 2.45) is 0 Å². The number of pyridine rings is 1. The zero-order valence-corrected chi connectivity index (χ0v) is 10.6. The Hall–Kier alpha value is -0.840. The Morgan fingerprint density at radius 3 is 2.76 bits per heavy atom. The minimum absolute atomic E-state index is 0.117. The van der Waals surface area contributed by atoms with E-state index in [0.717, 1.165) is 19.4 Å². The highest BCUT2D eigenvalue weighted by Gasteiger charge is 2.17. The molecule has 1 saturated heterocycles. The molecule has 1 N–H and O–H groups in total. The van der Waals surface area contributed by atoms with Gasteiger partial charge >= 0.3 is 0 Å². The van der Waals surface area contributed by atoms with E-state index in [4.69, 9.17) is 27.9 Å². The standard InChI is InChI=1S/C11H12Cl2N2O2/c12-9-4-7(5-10(13)15-9)11(16)14-6-8-2-1-3-17-8/h4-5,8H,1-3,6H2,(H,14,16). The third-order valence-corrected chi connectivity index (χ3v) is 2.93. The maximum absolute atomic E-state index is 11.8. The Morgan fingerprint density at radius 1 is 1.47 bits per heavy atom. The molecule has 1 atom stereocenters. The highest BCUT2D eigenvalue weighted by molar-refractivity contribution is 6.33. The van der Waals surface area contributed by atoms with Gasteiger partial charge in [-0.05, 0) is 25.0 Å². The fraction of sp³-hybridized carbons (Fsp3) is 0.455. The molecule has 1 aromatic heterocycles. The first-order valence-corrected chi connectivity index (χ1v) is 6.13. The molecule has 0 radical (unpaired) electrons. The van der Waals surface area contributed by atoms with E-state index in [1.54, 1.807) is 0 Å². The Balaban J connectivity index is 1.94. The van der Waals surface area contributed by atoms with Crippen molar-refractivity contribution in [3.63, 3.8) is 0 Å². The second kappa shape index (κ2) is 5.67. The van der Waals surface area contributed by atoms with Crippen LogP contribution in [0.5, 0.6) is 0 Å². The van der Waals surface area contributed by atoms with Crippen molar-refractivity contribution in [3.8, 4) is 0 Å². The number of aromatic nitrogens is 1. The van der Waals surface area contributed by atoms with E-state index in [9.17, 15) is 4.79 Å². The fourth-order valence-corrected chi connectivity index (χ4v) is 2.17. The van der Waals surface area contributed by atoms with E-state index in [1.807, 2.05) is 0 Å². The number of carbonyl (C=O) groups is 1. The average Bonchev–Trinajstić information content (AvgIpc) is 2.77. The highest BCUT2D eigenvalue weighted by atomic mass is 35.5. The molecule has 4 nitrogen and oxygen atoms in total. The summed E-state index contributed by atoms with van der Waals surface area (Å²) < 4.78 is 5.41. The van der Waals surface area contributed by atoms with Crippen LogP contribution in [0.4, 0.5) is 0 Å². The summed E-state index contributed by atoms with van der Waals surface area (Å²) in [6, 6.07) is 2.97. The Labute approximate surface area is 109 Å². The van der Waals surface area contributed by atoms with E-state index in [0.29, 0.717) is 12.1 Å². The summed E-state index contributed by atoms with van der Waals surface area (Å²) in [6.45, 7) is 1.28. The average molecular weight is 275 g/mol. The maximum atomic E-state index is 11.8.